The predicted molar refractivity (Wildman–Crippen MR) is 134 cm³/mol. The normalized spacial score (nSPS) is 12.0. The SMILES string of the molecule is CCC(=O)Nc1cc(C(=O)N(C)[C@H](C)c2cccs2)c2c(c1)nc(Cc1ccccc1)n2C. The summed E-state index contributed by atoms with van der Waals surface area (Å²) in [6, 6.07) is 17.7. The van der Waals surface area contributed by atoms with E-state index in [1.807, 2.05) is 67.4 Å². The maximum atomic E-state index is 13.7. The zero-order valence-corrected chi connectivity index (χ0v) is 20.1. The summed E-state index contributed by atoms with van der Waals surface area (Å²) in [7, 11) is 3.76. The first-order chi connectivity index (χ1) is 15.9. The molecule has 33 heavy (non-hydrogen) atoms. The van der Waals surface area contributed by atoms with E-state index in [2.05, 4.69) is 17.4 Å². The summed E-state index contributed by atoms with van der Waals surface area (Å²) in [5.41, 5.74) is 3.72. The lowest BCUT2D eigenvalue weighted by Crippen LogP contribution is -2.29. The smallest absolute Gasteiger partial charge is 0.256 e. The molecular formula is C26H28N4O2S. The fourth-order valence-electron chi connectivity index (χ4n) is 3.91. The fraction of sp³-hybridized carbons (Fsp3) is 0.269. The van der Waals surface area contributed by atoms with Crippen molar-refractivity contribution in [3.05, 3.63) is 81.8 Å². The summed E-state index contributed by atoms with van der Waals surface area (Å²) >= 11 is 1.63. The minimum atomic E-state index is -0.109. The molecule has 0 fully saturated rings. The van der Waals surface area contributed by atoms with Crippen LogP contribution in [0, 0.1) is 0 Å². The standard InChI is InChI=1S/C26H28N4O2S/c1-5-24(31)27-19-15-20(26(32)29(3)17(2)22-12-9-13-33-22)25-21(16-19)28-23(30(25)4)14-18-10-7-6-8-11-18/h6-13,15-17H,5,14H2,1-4H3,(H,27,31)/t17-/m1/s1. The Morgan fingerprint density at radius 3 is 2.58 bits per heavy atom. The topological polar surface area (TPSA) is 67.2 Å². The first kappa shape index (κ1) is 22.7. The van der Waals surface area contributed by atoms with E-state index in [1.165, 1.54) is 0 Å². The lowest BCUT2D eigenvalue weighted by molar-refractivity contribution is -0.115. The van der Waals surface area contributed by atoms with Crippen LogP contribution in [0.3, 0.4) is 0 Å². The van der Waals surface area contributed by atoms with Crippen molar-refractivity contribution >= 4 is 39.9 Å². The maximum absolute atomic E-state index is 13.7. The van der Waals surface area contributed by atoms with Crippen LogP contribution in [-0.2, 0) is 18.3 Å². The number of imidazole rings is 1. The second-order valence-electron chi connectivity index (χ2n) is 8.15. The quantitative estimate of drug-likeness (QED) is 0.401. The molecule has 170 valence electrons. The Morgan fingerprint density at radius 2 is 1.91 bits per heavy atom. The van der Waals surface area contributed by atoms with Crippen molar-refractivity contribution in [2.24, 2.45) is 7.05 Å². The molecule has 4 aromatic rings. The number of aryl methyl sites for hydroxylation is 1. The molecule has 1 N–H and O–H groups in total. The number of hydrogen-bond acceptors (Lipinski definition) is 4. The highest BCUT2D eigenvalue weighted by Gasteiger charge is 2.25. The molecular weight excluding hydrogens is 432 g/mol. The number of hydrogen-bond donors (Lipinski definition) is 1. The molecule has 1 atom stereocenters. The van der Waals surface area contributed by atoms with E-state index in [9.17, 15) is 9.59 Å². The van der Waals surface area contributed by atoms with Gasteiger partial charge in [0.25, 0.3) is 5.91 Å². The van der Waals surface area contributed by atoms with E-state index in [1.54, 1.807) is 29.2 Å². The molecule has 0 spiro atoms. The van der Waals surface area contributed by atoms with E-state index in [0.717, 1.165) is 21.8 Å². The van der Waals surface area contributed by atoms with Gasteiger partial charge in [-0.1, -0.05) is 43.3 Å². The molecule has 0 unspecified atom stereocenters. The number of carbonyl (C=O) groups excluding carboxylic acids is 2. The molecule has 2 amide bonds. The zero-order valence-electron chi connectivity index (χ0n) is 19.3. The molecule has 7 heteroatoms. The van der Waals surface area contributed by atoms with Gasteiger partial charge in [0.05, 0.1) is 22.6 Å². The maximum Gasteiger partial charge on any atom is 0.256 e. The third kappa shape index (κ3) is 4.68. The Labute approximate surface area is 197 Å². The minimum Gasteiger partial charge on any atom is -0.334 e. The summed E-state index contributed by atoms with van der Waals surface area (Å²) in [4.78, 5) is 33.5. The number of nitrogens with one attached hydrogen (secondary N) is 1. The Hall–Kier alpha value is -3.45. The van der Waals surface area contributed by atoms with E-state index in [-0.39, 0.29) is 17.9 Å². The third-order valence-electron chi connectivity index (χ3n) is 5.96. The minimum absolute atomic E-state index is 0.0709. The van der Waals surface area contributed by atoms with Gasteiger partial charge in [-0.25, -0.2) is 4.98 Å². The van der Waals surface area contributed by atoms with E-state index >= 15 is 0 Å². The number of nitrogens with zero attached hydrogens (tertiary/aromatic N) is 3. The van der Waals surface area contributed by atoms with Gasteiger partial charge in [0.1, 0.15) is 5.82 Å². The Balaban J connectivity index is 1.79. The Morgan fingerprint density at radius 1 is 1.15 bits per heavy atom. The molecule has 0 saturated heterocycles. The monoisotopic (exact) mass is 460 g/mol. The molecule has 6 nitrogen and oxygen atoms in total. The average Bonchev–Trinajstić information content (AvgIpc) is 3.46. The molecule has 2 aromatic heterocycles. The largest absolute Gasteiger partial charge is 0.334 e. The van der Waals surface area contributed by atoms with Crippen LogP contribution in [0.25, 0.3) is 11.0 Å². The van der Waals surface area contributed by atoms with Crippen molar-refractivity contribution < 1.29 is 9.59 Å². The number of carbonyl (C=O) groups is 2. The van der Waals surface area contributed by atoms with Gasteiger partial charge in [0, 0.05) is 37.5 Å². The Bertz CT molecular complexity index is 1280. The van der Waals surface area contributed by atoms with Crippen molar-refractivity contribution in [3.63, 3.8) is 0 Å². The van der Waals surface area contributed by atoms with Crippen LogP contribution in [0.1, 0.15) is 52.9 Å². The molecule has 0 aliphatic rings. The second-order valence-corrected chi connectivity index (χ2v) is 9.13. The molecule has 0 saturated carbocycles. The average molecular weight is 461 g/mol. The molecule has 0 bridgehead atoms. The van der Waals surface area contributed by atoms with Gasteiger partial charge in [0.2, 0.25) is 5.91 Å². The highest BCUT2D eigenvalue weighted by atomic mass is 32.1. The first-order valence-electron chi connectivity index (χ1n) is 11.0. The van der Waals surface area contributed by atoms with Crippen molar-refractivity contribution in [2.45, 2.75) is 32.7 Å². The summed E-state index contributed by atoms with van der Waals surface area (Å²) in [5, 5.41) is 4.91. The summed E-state index contributed by atoms with van der Waals surface area (Å²) in [6.45, 7) is 3.82. The lowest BCUT2D eigenvalue weighted by Gasteiger charge is -2.25. The number of rotatable bonds is 7. The molecule has 0 aliphatic carbocycles. The Kier molecular flexibility index (Phi) is 6.60. The van der Waals surface area contributed by atoms with Crippen LogP contribution in [0.15, 0.2) is 60.0 Å². The van der Waals surface area contributed by atoms with Crippen LogP contribution in [0.2, 0.25) is 0 Å². The molecule has 0 aliphatic heterocycles. The number of amides is 2. The fourth-order valence-corrected chi connectivity index (χ4v) is 4.73. The van der Waals surface area contributed by atoms with Gasteiger partial charge in [-0.05, 0) is 36.1 Å². The van der Waals surface area contributed by atoms with Gasteiger partial charge in [-0.2, -0.15) is 0 Å². The van der Waals surface area contributed by atoms with Crippen molar-refractivity contribution in [2.75, 3.05) is 12.4 Å². The van der Waals surface area contributed by atoms with Crippen LogP contribution >= 0.6 is 11.3 Å². The highest BCUT2D eigenvalue weighted by molar-refractivity contribution is 7.10. The van der Waals surface area contributed by atoms with Crippen LogP contribution in [0.4, 0.5) is 5.69 Å². The van der Waals surface area contributed by atoms with Gasteiger partial charge >= 0.3 is 0 Å². The lowest BCUT2D eigenvalue weighted by atomic mass is 10.1. The highest BCUT2D eigenvalue weighted by Crippen LogP contribution is 2.30. The van der Waals surface area contributed by atoms with Crippen LogP contribution < -0.4 is 5.32 Å². The number of benzene rings is 2. The van der Waals surface area contributed by atoms with E-state index < -0.39 is 0 Å². The van der Waals surface area contributed by atoms with Crippen molar-refractivity contribution in [3.8, 4) is 0 Å². The zero-order chi connectivity index (χ0) is 23.5. The van der Waals surface area contributed by atoms with Crippen LogP contribution in [-0.4, -0.2) is 33.3 Å². The van der Waals surface area contributed by atoms with E-state index in [0.29, 0.717) is 29.6 Å². The second kappa shape index (κ2) is 9.58. The summed E-state index contributed by atoms with van der Waals surface area (Å²) in [5.74, 6) is 0.648. The molecule has 0 radical (unpaired) electrons. The van der Waals surface area contributed by atoms with Gasteiger partial charge in [0.15, 0.2) is 0 Å². The molecule has 4 rings (SSSR count). The third-order valence-corrected chi connectivity index (χ3v) is 7.00. The first-order valence-corrected chi connectivity index (χ1v) is 11.9. The number of fused-ring (bicyclic) bond motifs is 1. The number of aromatic nitrogens is 2. The van der Waals surface area contributed by atoms with Gasteiger partial charge in [-0.15, -0.1) is 11.3 Å². The van der Waals surface area contributed by atoms with Gasteiger partial charge in [-0.3, -0.25) is 9.59 Å². The van der Waals surface area contributed by atoms with Crippen molar-refractivity contribution in [1.29, 1.82) is 0 Å². The van der Waals surface area contributed by atoms with Crippen LogP contribution in [0.5, 0.6) is 0 Å². The molecule has 2 heterocycles. The summed E-state index contributed by atoms with van der Waals surface area (Å²) in [6.07, 6.45) is 1.01. The summed E-state index contributed by atoms with van der Waals surface area (Å²) < 4.78 is 1.99. The van der Waals surface area contributed by atoms with Gasteiger partial charge < -0.3 is 14.8 Å². The molecule has 2 aromatic carbocycles. The number of thiophene rings is 1. The number of anilines is 1. The predicted octanol–water partition coefficient (Wildman–Crippen LogP) is 5.41. The van der Waals surface area contributed by atoms with Crippen molar-refractivity contribution in [1.82, 2.24) is 14.5 Å². The van der Waals surface area contributed by atoms with E-state index in [4.69, 9.17) is 4.98 Å².